The van der Waals surface area contributed by atoms with Crippen molar-refractivity contribution in [3.05, 3.63) is 79.8 Å². The Kier molecular flexibility index (Phi) is 13.5. The fraction of sp³-hybridized carbons (Fsp3) is 0.515. The zero-order chi connectivity index (χ0) is 29.6. The van der Waals surface area contributed by atoms with Gasteiger partial charge in [0.1, 0.15) is 5.76 Å². The molecule has 1 N–H and O–H groups in total. The van der Waals surface area contributed by atoms with Gasteiger partial charge >= 0.3 is 0 Å². The average molecular weight is 628 g/mol. The van der Waals surface area contributed by atoms with E-state index in [4.69, 9.17) is 0 Å². The maximum Gasteiger partial charge on any atom is 0.295 e. The maximum absolute atomic E-state index is 13.2. The number of halogens is 1. The largest absolute Gasteiger partial charge is 0.507 e. The molecule has 41 heavy (non-hydrogen) atoms. The number of nitrogens with zero attached hydrogens (tertiary/aromatic N) is 2. The summed E-state index contributed by atoms with van der Waals surface area (Å²) in [6.07, 6.45) is 17.3. The summed E-state index contributed by atoms with van der Waals surface area (Å²) < 4.78 is 0.862. The third-order valence-electron chi connectivity index (χ3n) is 7.83. The van der Waals surface area contributed by atoms with E-state index in [0.717, 1.165) is 29.3 Å². The minimum absolute atomic E-state index is 0.0107. The molecule has 0 unspecified atom stereocenters. The fourth-order valence-electron chi connectivity index (χ4n) is 5.48. The van der Waals surface area contributed by atoms with Crippen LogP contribution in [-0.2, 0) is 9.59 Å². The standard InChI is InChI=1S/C33H43BrN2O5/c1-2-3-4-5-6-7-8-9-10-11-12-13-14-15-24-35-30(25-16-20-27(34)21-17-25)29(32(38)33(35)39)31(37)26-18-22-28(23-19-26)36(40)41/h16-23,30,37H,2-15,24H2,1H3/t30-/m1/s1. The lowest BCUT2D eigenvalue weighted by molar-refractivity contribution is -0.384. The number of amides is 1. The van der Waals surface area contributed by atoms with Crippen LogP contribution in [0.3, 0.4) is 0 Å². The summed E-state index contributed by atoms with van der Waals surface area (Å²) in [4.78, 5) is 38.4. The highest BCUT2D eigenvalue weighted by molar-refractivity contribution is 9.10. The second-order valence-corrected chi connectivity index (χ2v) is 11.9. The lowest BCUT2D eigenvalue weighted by atomic mass is 9.95. The number of unbranched alkanes of at least 4 members (excludes halogenated alkanes) is 13. The van der Waals surface area contributed by atoms with Gasteiger partial charge in [-0.2, -0.15) is 0 Å². The van der Waals surface area contributed by atoms with Gasteiger partial charge in [0, 0.05) is 28.7 Å². The molecule has 0 radical (unpaired) electrons. The van der Waals surface area contributed by atoms with Gasteiger partial charge in [0.2, 0.25) is 0 Å². The predicted molar refractivity (Wildman–Crippen MR) is 167 cm³/mol. The summed E-state index contributed by atoms with van der Waals surface area (Å²) in [6, 6.07) is 12.0. The normalized spacial score (nSPS) is 16.4. The number of rotatable bonds is 18. The van der Waals surface area contributed by atoms with Gasteiger partial charge in [-0.25, -0.2) is 0 Å². The summed E-state index contributed by atoms with van der Waals surface area (Å²) in [7, 11) is 0. The van der Waals surface area contributed by atoms with Crippen molar-refractivity contribution in [2.75, 3.05) is 6.54 Å². The number of aliphatic hydroxyl groups is 1. The van der Waals surface area contributed by atoms with Crippen LogP contribution in [0.25, 0.3) is 5.76 Å². The van der Waals surface area contributed by atoms with Crippen molar-refractivity contribution < 1.29 is 19.6 Å². The molecule has 1 atom stereocenters. The van der Waals surface area contributed by atoms with E-state index in [9.17, 15) is 24.8 Å². The van der Waals surface area contributed by atoms with Gasteiger partial charge in [0.25, 0.3) is 17.4 Å². The van der Waals surface area contributed by atoms with E-state index in [2.05, 4.69) is 22.9 Å². The summed E-state index contributed by atoms with van der Waals surface area (Å²) >= 11 is 3.43. The number of nitro benzene ring substituents is 1. The molecule has 2 aromatic rings. The first-order chi connectivity index (χ1) is 19.8. The molecule has 3 rings (SSSR count). The molecule has 1 amide bonds. The molecule has 0 aliphatic carbocycles. The Bertz CT molecular complexity index is 1180. The van der Waals surface area contributed by atoms with Crippen molar-refractivity contribution >= 4 is 39.1 Å². The number of aliphatic hydroxyl groups excluding tert-OH is 1. The summed E-state index contributed by atoms with van der Waals surface area (Å²) in [5, 5.41) is 22.2. The Morgan fingerprint density at radius 3 is 1.78 bits per heavy atom. The fourth-order valence-corrected chi connectivity index (χ4v) is 5.74. The Morgan fingerprint density at radius 2 is 1.29 bits per heavy atom. The second kappa shape index (κ2) is 17.1. The number of hydrogen-bond acceptors (Lipinski definition) is 5. The first-order valence-corrected chi connectivity index (χ1v) is 15.9. The number of ketones is 1. The lowest BCUT2D eigenvalue weighted by Gasteiger charge is -2.25. The third-order valence-corrected chi connectivity index (χ3v) is 8.36. The minimum Gasteiger partial charge on any atom is -0.507 e. The van der Waals surface area contributed by atoms with Crippen LogP contribution in [-0.4, -0.2) is 33.2 Å². The van der Waals surface area contributed by atoms with E-state index in [-0.39, 0.29) is 22.6 Å². The molecule has 222 valence electrons. The van der Waals surface area contributed by atoms with Gasteiger partial charge in [-0.15, -0.1) is 0 Å². The van der Waals surface area contributed by atoms with E-state index in [1.54, 1.807) is 4.90 Å². The highest BCUT2D eigenvalue weighted by Crippen LogP contribution is 2.40. The van der Waals surface area contributed by atoms with Crippen molar-refractivity contribution in [1.29, 1.82) is 0 Å². The van der Waals surface area contributed by atoms with Crippen LogP contribution in [0.15, 0.2) is 58.6 Å². The van der Waals surface area contributed by atoms with Crippen molar-refractivity contribution in [3.8, 4) is 0 Å². The monoisotopic (exact) mass is 626 g/mol. The number of Topliss-reactive ketones (excluding diaryl/α,β-unsaturated/α-hetero) is 1. The molecule has 1 aliphatic rings. The molecule has 1 fully saturated rings. The highest BCUT2D eigenvalue weighted by Gasteiger charge is 2.45. The Hall–Kier alpha value is -3.00. The first-order valence-electron chi connectivity index (χ1n) is 15.1. The number of likely N-dealkylation sites (tertiary alicyclic amines) is 1. The molecule has 1 aliphatic heterocycles. The summed E-state index contributed by atoms with van der Waals surface area (Å²) in [5.74, 6) is -1.69. The number of carbonyl (C=O) groups excluding carboxylic acids is 2. The molecule has 8 heteroatoms. The Balaban J connectivity index is 1.56. The number of hydrogen-bond donors (Lipinski definition) is 1. The van der Waals surface area contributed by atoms with Crippen molar-refractivity contribution in [1.82, 2.24) is 4.90 Å². The zero-order valence-corrected chi connectivity index (χ0v) is 25.7. The zero-order valence-electron chi connectivity index (χ0n) is 24.2. The van der Waals surface area contributed by atoms with Crippen molar-refractivity contribution in [3.63, 3.8) is 0 Å². The van der Waals surface area contributed by atoms with Crippen LogP contribution < -0.4 is 0 Å². The van der Waals surface area contributed by atoms with Gasteiger partial charge in [-0.3, -0.25) is 19.7 Å². The molecular formula is C33H43BrN2O5. The number of nitro groups is 1. The maximum atomic E-state index is 13.2. The van der Waals surface area contributed by atoms with Gasteiger partial charge in [-0.05, 0) is 36.2 Å². The molecule has 2 aromatic carbocycles. The minimum atomic E-state index is -0.737. The van der Waals surface area contributed by atoms with Gasteiger partial charge in [-0.1, -0.05) is 118 Å². The molecule has 1 saturated heterocycles. The van der Waals surface area contributed by atoms with E-state index in [1.807, 2.05) is 24.3 Å². The first kappa shape index (κ1) is 32.5. The quantitative estimate of drug-likeness (QED) is 0.0443. The number of non-ortho nitro benzene ring substituents is 1. The SMILES string of the molecule is CCCCCCCCCCCCCCCCN1C(=O)C(=O)C(=C(O)c2ccc([N+](=O)[O-])cc2)[C@H]1c1ccc(Br)cc1. The second-order valence-electron chi connectivity index (χ2n) is 10.9. The van der Waals surface area contributed by atoms with Crippen molar-refractivity contribution in [2.24, 2.45) is 0 Å². The van der Waals surface area contributed by atoms with Crippen molar-refractivity contribution in [2.45, 2.75) is 103 Å². The lowest BCUT2D eigenvalue weighted by Crippen LogP contribution is -2.30. The van der Waals surface area contributed by atoms with E-state index in [1.165, 1.54) is 94.9 Å². The van der Waals surface area contributed by atoms with E-state index >= 15 is 0 Å². The number of carbonyl (C=O) groups is 2. The molecule has 0 bridgehead atoms. The Morgan fingerprint density at radius 1 is 0.805 bits per heavy atom. The molecule has 7 nitrogen and oxygen atoms in total. The van der Waals surface area contributed by atoms with Crippen LogP contribution in [0.4, 0.5) is 5.69 Å². The molecular weight excluding hydrogens is 584 g/mol. The van der Waals surface area contributed by atoms with Gasteiger partial charge < -0.3 is 10.0 Å². The van der Waals surface area contributed by atoms with E-state index < -0.39 is 22.7 Å². The summed E-state index contributed by atoms with van der Waals surface area (Å²) in [5.41, 5.74) is 0.870. The average Bonchev–Trinajstić information content (AvgIpc) is 3.22. The van der Waals surface area contributed by atoms with E-state index in [0.29, 0.717) is 6.54 Å². The van der Waals surface area contributed by atoms with Crippen LogP contribution in [0.5, 0.6) is 0 Å². The Labute approximate surface area is 252 Å². The van der Waals surface area contributed by atoms with Gasteiger partial charge in [0.05, 0.1) is 16.5 Å². The molecule has 0 aromatic heterocycles. The smallest absolute Gasteiger partial charge is 0.295 e. The van der Waals surface area contributed by atoms with Crippen LogP contribution in [0.2, 0.25) is 0 Å². The molecule has 0 spiro atoms. The topological polar surface area (TPSA) is 101 Å². The van der Waals surface area contributed by atoms with Crippen LogP contribution in [0.1, 0.15) is 114 Å². The number of benzene rings is 2. The highest BCUT2D eigenvalue weighted by atomic mass is 79.9. The van der Waals surface area contributed by atoms with Crippen LogP contribution in [0, 0.1) is 10.1 Å². The molecule has 1 heterocycles. The summed E-state index contributed by atoms with van der Waals surface area (Å²) in [6.45, 7) is 2.67. The third kappa shape index (κ3) is 9.52. The van der Waals surface area contributed by atoms with Gasteiger partial charge in [0.15, 0.2) is 0 Å². The van der Waals surface area contributed by atoms with Crippen LogP contribution >= 0.6 is 15.9 Å². The molecule has 0 saturated carbocycles. The predicted octanol–water partition coefficient (Wildman–Crippen LogP) is 9.26.